The van der Waals surface area contributed by atoms with Crippen LogP contribution < -0.4 is 5.73 Å². The lowest BCUT2D eigenvalue weighted by Gasteiger charge is -2.53. The predicted octanol–water partition coefficient (Wildman–Crippen LogP) is 1.83. The molecule has 3 heteroatoms. The Morgan fingerprint density at radius 3 is 2.40 bits per heavy atom. The van der Waals surface area contributed by atoms with Crippen molar-refractivity contribution in [3.8, 4) is 0 Å². The van der Waals surface area contributed by atoms with Crippen LogP contribution in [0.4, 0.5) is 0 Å². The van der Waals surface area contributed by atoms with Crippen molar-refractivity contribution in [1.82, 2.24) is 4.90 Å². The molecule has 0 radical (unpaired) electrons. The van der Waals surface area contributed by atoms with Crippen LogP contribution in [0.25, 0.3) is 0 Å². The second kappa shape index (κ2) is 3.39. The van der Waals surface area contributed by atoms with Crippen molar-refractivity contribution in [3.05, 3.63) is 0 Å². The second-order valence-electron chi connectivity index (χ2n) is 5.77. The van der Waals surface area contributed by atoms with Gasteiger partial charge in [-0.2, -0.15) is 0 Å². The van der Waals surface area contributed by atoms with E-state index < -0.39 is 0 Å². The summed E-state index contributed by atoms with van der Waals surface area (Å²) in [4.78, 5) is 6.77. The molecule has 0 aromatic rings. The minimum absolute atomic E-state index is 0.285. The van der Waals surface area contributed by atoms with Gasteiger partial charge in [0, 0.05) is 6.04 Å². The summed E-state index contributed by atoms with van der Waals surface area (Å²) < 4.78 is 0. The maximum Gasteiger partial charge on any atom is 0.192 e. The third-order valence-electron chi connectivity index (χ3n) is 4.04. The quantitative estimate of drug-likeness (QED) is 0.754. The summed E-state index contributed by atoms with van der Waals surface area (Å²) in [7, 11) is 0. The van der Waals surface area contributed by atoms with Gasteiger partial charge in [0.05, 0.1) is 12.1 Å². The van der Waals surface area contributed by atoms with E-state index in [0.29, 0.717) is 6.04 Å². The van der Waals surface area contributed by atoms with E-state index in [9.17, 15) is 0 Å². The number of hydrogen-bond donors (Lipinski definition) is 1. The molecule has 0 atom stereocenters. The molecule has 2 aliphatic rings. The maximum absolute atomic E-state index is 5.96. The zero-order valence-electron chi connectivity index (χ0n) is 10.3. The van der Waals surface area contributed by atoms with Crippen molar-refractivity contribution < 1.29 is 0 Å². The van der Waals surface area contributed by atoms with Crippen molar-refractivity contribution in [3.63, 3.8) is 0 Å². The van der Waals surface area contributed by atoms with Crippen LogP contribution in [0, 0.1) is 11.8 Å². The number of guanidine groups is 1. The zero-order chi connectivity index (χ0) is 11.2. The third kappa shape index (κ3) is 1.52. The Morgan fingerprint density at radius 2 is 1.93 bits per heavy atom. The fraction of sp³-hybridized carbons (Fsp3) is 0.917. The summed E-state index contributed by atoms with van der Waals surface area (Å²) in [5, 5.41) is 0. The Bertz CT molecular complexity index is 275. The van der Waals surface area contributed by atoms with Crippen LogP contribution in [-0.4, -0.2) is 29.0 Å². The van der Waals surface area contributed by atoms with Crippen LogP contribution in [-0.2, 0) is 0 Å². The lowest BCUT2D eigenvalue weighted by Crippen LogP contribution is -2.62. The molecule has 0 aromatic carbocycles. The largest absolute Gasteiger partial charge is 0.370 e. The third-order valence-corrected chi connectivity index (χ3v) is 4.04. The highest BCUT2D eigenvalue weighted by atomic mass is 15.4. The van der Waals surface area contributed by atoms with Crippen LogP contribution >= 0.6 is 0 Å². The first-order valence-corrected chi connectivity index (χ1v) is 6.05. The Hall–Kier alpha value is -0.730. The molecule has 1 aliphatic heterocycles. The van der Waals surface area contributed by atoms with Crippen molar-refractivity contribution >= 4 is 5.96 Å². The van der Waals surface area contributed by atoms with Gasteiger partial charge in [-0.3, -0.25) is 4.99 Å². The molecular weight excluding hydrogens is 186 g/mol. The normalized spacial score (nSPS) is 35.2. The van der Waals surface area contributed by atoms with Gasteiger partial charge in [0.15, 0.2) is 5.96 Å². The van der Waals surface area contributed by atoms with Gasteiger partial charge in [0.1, 0.15) is 0 Å². The van der Waals surface area contributed by atoms with Gasteiger partial charge in [-0.15, -0.1) is 0 Å². The predicted molar refractivity (Wildman–Crippen MR) is 63.8 cm³/mol. The molecule has 0 bridgehead atoms. The van der Waals surface area contributed by atoms with Crippen LogP contribution in [0.5, 0.6) is 0 Å². The topological polar surface area (TPSA) is 41.6 Å². The van der Waals surface area contributed by atoms with Gasteiger partial charge in [-0.05, 0) is 38.5 Å². The van der Waals surface area contributed by atoms with Crippen molar-refractivity contribution in [1.29, 1.82) is 0 Å². The highest BCUT2D eigenvalue weighted by molar-refractivity contribution is 5.81. The molecule has 1 heterocycles. The fourth-order valence-electron chi connectivity index (χ4n) is 3.15. The molecule has 2 N–H and O–H groups in total. The summed E-state index contributed by atoms with van der Waals surface area (Å²) in [5.41, 5.74) is 6.25. The first-order chi connectivity index (χ1) is 6.96. The minimum atomic E-state index is 0.285. The SMILES string of the molecule is CC(C)C1CC2(CN=C(N)N2C(C)C)C1. The van der Waals surface area contributed by atoms with Crippen molar-refractivity contribution in [2.45, 2.75) is 52.1 Å². The zero-order valence-corrected chi connectivity index (χ0v) is 10.3. The number of nitrogens with zero attached hydrogens (tertiary/aromatic N) is 2. The Balaban J connectivity index is 2.07. The van der Waals surface area contributed by atoms with E-state index in [2.05, 4.69) is 37.6 Å². The molecule has 1 spiro atoms. The molecule has 0 saturated heterocycles. The molecule has 3 nitrogen and oxygen atoms in total. The standard InChI is InChI=1S/C12H23N3/c1-8(2)10-5-12(6-10)7-14-11(13)15(12)9(3)4/h8-10H,5-7H2,1-4H3,(H2,13,14). The van der Waals surface area contributed by atoms with Crippen LogP contribution in [0.15, 0.2) is 4.99 Å². The van der Waals surface area contributed by atoms with Gasteiger partial charge >= 0.3 is 0 Å². The van der Waals surface area contributed by atoms with Gasteiger partial charge in [0.25, 0.3) is 0 Å². The second-order valence-corrected chi connectivity index (χ2v) is 5.77. The molecule has 86 valence electrons. The summed E-state index contributed by atoms with van der Waals surface area (Å²) in [6.45, 7) is 9.96. The van der Waals surface area contributed by atoms with E-state index >= 15 is 0 Å². The molecule has 0 amide bonds. The van der Waals surface area contributed by atoms with E-state index in [0.717, 1.165) is 24.3 Å². The number of aliphatic imine (C=N–C) groups is 1. The molecule has 1 saturated carbocycles. The highest BCUT2D eigenvalue weighted by Gasteiger charge is 2.53. The average Bonchev–Trinajstić information content (AvgIpc) is 2.39. The fourth-order valence-corrected chi connectivity index (χ4v) is 3.15. The van der Waals surface area contributed by atoms with Crippen LogP contribution in [0.1, 0.15) is 40.5 Å². The van der Waals surface area contributed by atoms with Crippen molar-refractivity contribution in [2.75, 3.05) is 6.54 Å². The first kappa shape index (κ1) is 10.8. The van der Waals surface area contributed by atoms with Gasteiger partial charge < -0.3 is 10.6 Å². The number of nitrogens with two attached hydrogens (primary N) is 1. The molecule has 0 unspecified atom stereocenters. The average molecular weight is 209 g/mol. The summed E-state index contributed by atoms with van der Waals surface area (Å²) in [5.74, 6) is 2.42. The Morgan fingerprint density at radius 1 is 1.33 bits per heavy atom. The monoisotopic (exact) mass is 209 g/mol. The smallest absolute Gasteiger partial charge is 0.192 e. The summed E-state index contributed by atoms with van der Waals surface area (Å²) >= 11 is 0. The molecular formula is C12H23N3. The minimum Gasteiger partial charge on any atom is -0.370 e. The first-order valence-electron chi connectivity index (χ1n) is 6.05. The van der Waals surface area contributed by atoms with E-state index in [1.54, 1.807) is 0 Å². The summed E-state index contributed by atoms with van der Waals surface area (Å²) in [6, 6.07) is 0.476. The molecule has 15 heavy (non-hydrogen) atoms. The molecule has 2 rings (SSSR count). The summed E-state index contributed by atoms with van der Waals surface area (Å²) in [6.07, 6.45) is 2.54. The van der Waals surface area contributed by atoms with Gasteiger partial charge in [-0.25, -0.2) is 0 Å². The van der Waals surface area contributed by atoms with Gasteiger partial charge in [0.2, 0.25) is 0 Å². The van der Waals surface area contributed by atoms with E-state index in [1.165, 1.54) is 12.8 Å². The van der Waals surface area contributed by atoms with E-state index in [-0.39, 0.29) is 5.54 Å². The molecule has 0 aromatic heterocycles. The number of hydrogen-bond acceptors (Lipinski definition) is 3. The van der Waals surface area contributed by atoms with Crippen molar-refractivity contribution in [2.24, 2.45) is 22.6 Å². The van der Waals surface area contributed by atoms with Crippen LogP contribution in [0.3, 0.4) is 0 Å². The lowest BCUT2D eigenvalue weighted by molar-refractivity contribution is 0.00421. The lowest BCUT2D eigenvalue weighted by atomic mass is 9.63. The Labute approximate surface area is 92.7 Å². The maximum atomic E-state index is 5.96. The van der Waals surface area contributed by atoms with E-state index in [4.69, 9.17) is 5.73 Å². The van der Waals surface area contributed by atoms with E-state index in [1.807, 2.05) is 0 Å². The number of rotatable bonds is 2. The van der Waals surface area contributed by atoms with Gasteiger partial charge in [-0.1, -0.05) is 13.8 Å². The Kier molecular flexibility index (Phi) is 2.44. The molecule has 1 aliphatic carbocycles. The molecule has 1 fully saturated rings. The van der Waals surface area contributed by atoms with Crippen LogP contribution in [0.2, 0.25) is 0 Å². The highest BCUT2D eigenvalue weighted by Crippen LogP contribution is 2.48.